The number of carbonyl (C=O) groups is 1. The van der Waals surface area contributed by atoms with Gasteiger partial charge in [-0.2, -0.15) is 11.8 Å². The largest absolute Gasteiger partial charge is 0.478 e. The molecule has 1 aromatic carbocycles. The lowest BCUT2D eigenvalue weighted by Gasteiger charge is -2.10. The number of hydrogen-bond acceptors (Lipinski definition) is 3. The highest BCUT2D eigenvalue weighted by atomic mass is 32.2. The first-order valence-corrected chi connectivity index (χ1v) is 6.99. The molecule has 1 aromatic rings. The van der Waals surface area contributed by atoms with E-state index >= 15 is 0 Å². The number of rotatable bonds is 7. The number of carboxylic acids is 1. The van der Waals surface area contributed by atoms with Gasteiger partial charge in [0.05, 0.1) is 0 Å². The van der Waals surface area contributed by atoms with E-state index in [-0.39, 0.29) is 17.7 Å². The maximum absolute atomic E-state index is 13.8. The first-order chi connectivity index (χ1) is 9.02. The van der Waals surface area contributed by atoms with Gasteiger partial charge in [0, 0.05) is 23.7 Å². The van der Waals surface area contributed by atoms with Crippen molar-refractivity contribution in [3.63, 3.8) is 0 Å². The number of thioether (sulfide) groups is 1. The third kappa shape index (κ3) is 5.89. The van der Waals surface area contributed by atoms with E-state index in [1.807, 2.05) is 6.92 Å². The van der Waals surface area contributed by atoms with Gasteiger partial charge in [0.15, 0.2) is 0 Å². The van der Waals surface area contributed by atoms with Crippen molar-refractivity contribution in [2.24, 2.45) is 0 Å². The molecule has 1 rings (SSSR count). The Labute approximate surface area is 116 Å². The molecule has 2 N–H and O–H groups in total. The predicted octanol–water partition coefficient (Wildman–Crippen LogP) is 2.93. The van der Waals surface area contributed by atoms with E-state index in [9.17, 15) is 9.18 Å². The standard InChI is InChI=1S/C14H17FO3S/c1-10(6-7-16)19-9-12-4-2-11(8-13(12)15)3-5-14(17)18/h2-5,8,10,16H,6-7,9H2,1H3,(H,17,18). The summed E-state index contributed by atoms with van der Waals surface area (Å²) in [4.78, 5) is 10.4. The molecule has 0 aliphatic rings. The SMILES string of the molecule is CC(CCO)SCc1ccc(C=CC(=O)O)cc1F. The third-order valence-corrected chi connectivity index (χ3v) is 3.84. The molecule has 3 nitrogen and oxygen atoms in total. The van der Waals surface area contributed by atoms with Crippen LogP contribution in [0.5, 0.6) is 0 Å². The highest BCUT2D eigenvalue weighted by molar-refractivity contribution is 7.99. The average Bonchev–Trinajstić information content (AvgIpc) is 2.35. The minimum Gasteiger partial charge on any atom is -0.478 e. The molecule has 0 aliphatic carbocycles. The van der Waals surface area contributed by atoms with Crippen LogP contribution in [0.15, 0.2) is 24.3 Å². The topological polar surface area (TPSA) is 57.5 Å². The molecule has 0 aliphatic heterocycles. The molecular weight excluding hydrogens is 267 g/mol. The number of aliphatic hydroxyl groups is 1. The first-order valence-electron chi connectivity index (χ1n) is 5.95. The highest BCUT2D eigenvalue weighted by Crippen LogP contribution is 2.22. The normalized spacial score (nSPS) is 12.8. The Bertz CT molecular complexity index is 460. The van der Waals surface area contributed by atoms with Crippen LogP contribution in [0, 0.1) is 5.82 Å². The van der Waals surface area contributed by atoms with Crippen molar-refractivity contribution < 1.29 is 19.4 Å². The van der Waals surface area contributed by atoms with Crippen molar-refractivity contribution >= 4 is 23.8 Å². The van der Waals surface area contributed by atoms with E-state index in [2.05, 4.69) is 0 Å². The lowest BCUT2D eigenvalue weighted by atomic mass is 10.1. The zero-order chi connectivity index (χ0) is 14.3. The highest BCUT2D eigenvalue weighted by Gasteiger charge is 2.06. The maximum atomic E-state index is 13.8. The Kier molecular flexibility index (Phi) is 6.59. The lowest BCUT2D eigenvalue weighted by molar-refractivity contribution is -0.131. The summed E-state index contributed by atoms with van der Waals surface area (Å²) in [6, 6.07) is 4.68. The summed E-state index contributed by atoms with van der Waals surface area (Å²) in [5.74, 6) is -0.857. The van der Waals surface area contributed by atoms with Gasteiger partial charge in [-0.3, -0.25) is 0 Å². The number of benzene rings is 1. The van der Waals surface area contributed by atoms with Crippen LogP contribution in [-0.2, 0) is 10.5 Å². The second-order valence-electron chi connectivity index (χ2n) is 4.16. The van der Waals surface area contributed by atoms with Gasteiger partial charge in [0.2, 0.25) is 0 Å². The van der Waals surface area contributed by atoms with Crippen molar-refractivity contribution in [1.82, 2.24) is 0 Å². The van der Waals surface area contributed by atoms with Gasteiger partial charge in [-0.05, 0) is 29.7 Å². The summed E-state index contributed by atoms with van der Waals surface area (Å²) in [5.41, 5.74) is 1.11. The van der Waals surface area contributed by atoms with Gasteiger partial charge >= 0.3 is 5.97 Å². The van der Waals surface area contributed by atoms with Crippen molar-refractivity contribution in [3.8, 4) is 0 Å². The summed E-state index contributed by atoms with van der Waals surface area (Å²) in [6.07, 6.45) is 3.02. The molecule has 0 fully saturated rings. The molecule has 104 valence electrons. The van der Waals surface area contributed by atoms with Crippen molar-refractivity contribution in [2.75, 3.05) is 6.61 Å². The third-order valence-electron chi connectivity index (χ3n) is 2.55. The fraction of sp³-hybridized carbons (Fsp3) is 0.357. The molecule has 0 bridgehead atoms. The zero-order valence-electron chi connectivity index (χ0n) is 10.7. The van der Waals surface area contributed by atoms with Gasteiger partial charge in [0.1, 0.15) is 5.82 Å². The molecular formula is C14H17FO3S. The van der Waals surface area contributed by atoms with Crippen LogP contribution in [-0.4, -0.2) is 28.0 Å². The summed E-state index contributed by atoms with van der Waals surface area (Å²) >= 11 is 1.58. The zero-order valence-corrected chi connectivity index (χ0v) is 11.5. The summed E-state index contributed by atoms with van der Waals surface area (Å²) in [5, 5.41) is 17.6. The van der Waals surface area contributed by atoms with Crippen LogP contribution in [0.4, 0.5) is 4.39 Å². The Morgan fingerprint density at radius 1 is 1.53 bits per heavy atom. The minimum absolute atomic E-state index is 0.134. The average molecular weight is 284 g/mol. The molecule has 1 atom stereocenters. The number of aliphatic hydroxyl groups excluding tert-OH is 1. The van der Waals surface area contributed by atoms with Crippen LogP contribution in [0.25, 0.3) is 6.08 Å². The van der Waals surface area contributed by atoms with Crippen molar-refractivity contribution in [1.29, 1.82) is 0 Å². The van der Waals surface area contributed by atoms with Crippen LogP contribution in [0.3, 0.4) is 0 Å². The first kappa shape index (κ1) is 15.7. The Hall–Kier alpha value is -1.33. The summed E-state index contributed by atoms with van der Waals surface area (Å²) < 4.78 is 13.8. The minimum atomic E-state index is -1.06. The number of hydrogen-bond donors (Lipinski definition) is 2. The monoisotopic (exact) mass is 284 g/mol. The van der Waals surface area contributed by atoms with E-state index in [0.717, 1.165) is 6.08 Å². The van der Waals surface area contributed by atoms with Crippen LogP contribution in [0.2, 0.25) is 0 Å². The maximum Gasteiger partial charge on any atom is 0.328 e. The molecule has 1 unspecified atom stereocenters. The lowest BCUT2D eigenvalue weighted by Crippen LogP contribution is -2.00. The second kappa shape index (κ2) is 7.96. The van der Waals surface area contributed by atoms with Crippen LogP contribution < -0.4 is 0 Å². The molecule has 0 saturated carbocycles. The van der Waals surface area contributed by atoms with E-state index in [4.69, 9.17) is 10.2 Å². The fourth-order valence-corrected chi connectivity index (χ4v) is 2.42. The number of carboxylic acid groups (broad SMARTS) is 1. The molecule has 5 heteroatoms. The summed E-state index contributed by atoms with van der Waals surface area (Å²) in [7, 11) is 0. The number of halogens is 1. The van der Waals surface area contributed by atoms with E-state index in [0.29, 0.717) is 23.3 Å². The van der Waals surface area contributed by atoms with Gasteiger partial charge < -0.3 is 10.2 Å². The quantitative estimate of drug-likeness (QED) is 0.756. The fourth-order valence-electron chi connectivity index (χ4n) is 1.45. The van der Waals surface area contributed by atoms with Gasteiger partial charge in [-0.1, -0.05) is 19.1 Å². The predicted molar refractivity (Wildman–Crippen MR) is 75.5 cm³/mol. The van der Waals surface area contributed by atoms with Gasteiger partial charge in [0.25, 0.3) is 0 Å². The molecule has 0 saturated heterocycles. The van der Waals surface area contributed by atoms with E-state index in [1.54, 1.807) is 23.9 Å². The van der Waals surface area contributed by atoms with Crippen molar-refractivity contribution in [3.05, 3.63) is 41.2 Å². The van der Waals surface area contributed by atoms with Gasteiger partial charge in [-0.25, -0.2) is 9.18 Å². The van der Waals surface area contributed by atoms with E-state index in [1.165, 1.54) is 12.1 Å². The second-order valence-corrected chi connectivity index (χ2v) is 5.58. The molecule has 0 spiro atoms. The molecule has 0 heterocycles. The van der Waals surface area contributed by atoms with E-state index < -0.39 is 5.97 Å². The van der Waals surface area contributed by atoms with Crippen LogP contribution >= 0.6 is 11.8 Å². The van der Waals surface area contributed by atoms with Crippen LogP contribution in [0.1, 0.15) is 24.5 Å². The van der Waals surface area contributed by atoms with Gasteiger partial charge in [-0.15, -0.1) is 0 Å². The molecule has 19 heavy (non-hydrogen) atoms. The Morgan fingerprint density at radius 2 is 2.26 bits per heavy atom. The molecule has 0 amide bonds. The number of aliphatic carboxylic acids is 1. The smallest absolute Gasteiger partial charge is 0.328 e. The molecule has 0 radical (unpaired) electrons. The Morgan fingerprint density at radius 3 is 2.84 bits per heavy atom. The summed E-state index contributed by atoms with van der Waals surface area (Å²) in [6.45, 7) is 2.12. The molecule has 0 aromatic heterocycles. The van der Waals surface area contributed by atoms with Crippen molar-refractivity contribution in [2.45, 2.75) is 24.3 Å². The Balaban J connectivity index is 2.64.